The van der Waals surface area contributed by atoms with Crippen molar-refractivity contribution in [2.24, 2.45) is 0 Å². The van der Waals surface area contributed by atoms with Crippen molar-refractivity contribution in [1.82, 2.24) is 19.5 Å². The minimum absolute atomic E-state index is 0.0149. The summed E-state index contributed by atoms with van der Waals surface area (Å²) in [7, 11) is -3.04. The number of aromatic nitrogens is 3. The number of esters is 1. The zero-order chi connectivity index (χ0) is 25.9. The molecule has 0 aliphatic carbocycles. The van der Waals surface area contributed by atoms with Crippen LogP contribution in [0, 0.1) is 0 Å². The van der Waals surface area contributed by atoms with Gasteiger partial charge < -0.3 is 9.47 Å². The second-order valence-corrected chi connectivity index (χ2v) is 11.3. The van der Waals surface area contributed by atoms with Crippen molar-refractivity contribution in [3.05, 3.63) is 52.0 Å². The summed E-state index contributed by atoms with van der Waals surface area (Å²) in [4.78, 5) is 11.6. The number of carbonyl (C=O) groups excluding carboxylic acids is 1. The monoisotopic (exact) mass is 562 g/mol. The smallest absolute Gasteiger partial charge is 0.416 e. The van der Waals surface area contributed by atoms with Gasteiger partial charge in [-0.1, -0.05) is 17.8 Å². The molecule has 0 bridgehead atoms. The predicted molar refractivity (Wildman–Crippen MR) is 126 cm³/mol. The predicted octanol–water partition coefficient (Wildman–Crippen LogP) is 3.88. The fourth-order valence-corrected chi connectivity index (χ4v) is 6.87. The van der Waals surface area contributed by atoms with Crippen LogP contribution < -0.4 is 4.72 Å². The summed E-state index contributed by atoms with van der Waals surface area (Å²) < 4.78 is 79.9. The van der Waals surface area contributed by atoms with E-state index in [4.69, 9.17) is 4.74 Å². The molecule has 0 amide bonds. The fraction of sp³-hybridized carbons (Fsp3) is 0.381. The Hall–Kier alpha value is -2.46. The second-order valence-electron chi connectivity index (χ2n) is 7.66. The van der Waals surface area contributed by atoms with E-state index in [1.54, 1.807) is 0 Å². The van der Waals surface area contributed by atoms with Gasteiger partial charge in [0.15, 0.2) is 11.0 Å². The molecule has 1 fully saturated rings. The Morgan fingerprint density at radius 3 is 2.83 bits per heavy atom. The first kappa shape index (κ1) is 26.6. The number of thiophene rings is 1. The molecule has 1 saturated heterocycles. The van der Waals surface area contributed by atoms with Crippen LogP contribution >= 0.6 is 23.1 Å². The fourth-order valence-electron chi connectivity index (χ4n) is 3.52. The van der Waals surface area contributed by atoms with E-state index >= 15 is 0 Å². The molecule has 1 unspecified atom stereocenters. The number of carbonyl (C=O) groups is 1. The zero-order valence-corrected chi connectivity index (χ0v) is 21.3. The topological polar surface area (TPSA) is 112 Å². The van der Waals surface area contributed by atoms with Gasteiger partial charge in [0.1, 0.15) is 9.77 Å². The number of nitrogens with zero attached hydrogens (tertiary/aromatic N) is 3. The third kappa shape index (κ3) is 5.91. The molecular formula is C21H21F3N4O5S3. The summed E-state index contributed by atoms with van der Waals surface area (Å²) >= 11 is 2.17. The third-order valence-electron chi connectivity index (χ3n) is 5.26. The number of ether oxygens (including phenoxy) is 2. The van der Waals surface area contributed by atoms with Crippen LogP contribution in [0.1, 0.15) is 33.9 Å². The zero-order valence-electron chi connectivity index (χ0n) is 18.8. The highest BCUT2D eigenvalue weighted by Crippen LogP contribution is 2.32. The van der Waals surface area contributed by atoms with Crippen molar-refractivity contribution in [2.75, 3.05) is 19.5 Å². The van der Waals surface area contributed by atoms with Gasteiger partial charge in [0.05, 0.1) is 31.0 Å². The van der Waals surface area contributed by atoms with Gasteiger partial charge in [0.2, 0.25) is 10.0 Å². The van der Waals surface area contributed by atoms with Gasteiger partial charge in [-0.05, 0) is 42.5 Å². The molecule has 15 heteroatoms. The summed E-state index contributed by atoms with van der Waals surface area (Å²) in [5.74, 6) is -0.215. The van der Waals surface area contributed by atoms with Crippen molar-refractivity contribution in [2.45, 2.75) is 41.7 Å². The molecule has 1 aromatic carbocycles. The van der Waals surface area contributed by atoms with Gasteiger partial charge in [0, 0.05) is 12.4 Å². The molecule has 9 nitrogen and oxygen atoms in total. The van der Waals surface area contributed by atoms with Crippen LogP contribution in [0.2, 0.25) is 0 Å². The molecule has 0 radical (unpaired) electrons. The van der Waals surface area contributed by atoms with Crippen LogP contribution in [0.3, 0.4) is 0 Å². The average molecular weight is 563 g/mol. The minimum atomic E-state index is -4.57. The Morgan fingerprint density at radius 1 is 1.33 bits per heavy atom. The molecule has 2 aromatic heterocycles. The van der Waals surface area contributed by atoms with Crippen LogP contribution in [0.15, 0.2) is 45.8 Å². The average Bonchev–Trinajstić information content (AvgIpc) is 3.61. The molecule has 1 aliphatic rings. The maximum Gasteiger partial charge on any atom is 0.416 e. The molecule has 0 saturated carbocycles. The van der Waals surface area contributed by atoms with Crippen LogP contribution in [0.25, 0.3) is 5.69 Å². The van der Waals surface area contributed by atoms with Crippen LogP contribution in [0.5, 0.6) is 0 Å². The summed E-state index contributed by atoms with van der Waals surface area (Å²) in [6.07, 6.45) is -2.80. The molecule has 0 spiro atoms. The molecule has 3 aromatic rings. The van der Waals surface area contributed by atoms with E-state index in [1.165, 1.54) is 39.9 Å². The number of hydrogen-bond donors (Lipinski definition) is 1. The molecular weight excluding hydrogens is 541 g/mol. The summed E-state index contributed by atoms with van der Waals surface area (Å²) in [5, 5.41) is 9.87. The first-order valence-electron chi connectivity index (χ1n) is 10.6. The number of halogens is 3. The van der Waals surface area contributed by atoms with E-state index in [9.17, 15) is 26.4 Å². The number of thioether (sulfide) groups is 1. The van der Waals surface area contributed by atoms with Crippen molar-refractivity contribution in [3.8, 4) is 5.69 Å². The number of rotatable bonds is 9. The van der Waals surface area contributed by atoms with Crippen LogP contribution in [-0.4, -0.2) is 54.7 Å². The Morgan fingerprint density at radius 2 is 2.14 bits per heavy atom. The lowest BCUT2D eigenvalue weighted by Gasteiger charge is -2.14. The Balaban J connectivity index is 1.64. The van der Waals surface area contributed by atoms with E-state index in [2.05, 4.69) is 19.7 Å². The Labute approximate surface area is 213 Å². The molecule has 36 heavy (non-hydrogen) atoms. The van der Waals surface area contributed by atoms with E-state index in [0.29, 0.717) is 17.5 Å². The van der Waals surface area contributed by atoms with Gasteiger partial charge in [-0.15, -0.1) is 21.5 Å². The van der Waals surface area contributed by atoms with Crippen LogP contribution in [-0.2, 0) is 32.2 Å². The van der Waals surface area contributed by atoms with Gasteiger partial charge >= 0.3 is 12.1 Å². The lowest BCUT2D eigenvalue weighted by molar-refractivity contribution is -0.137. The highest BCUT2D eigenvalue weighted by molar-refractivity contribution is 7.99. The first-order valence-corrected chi connectivity index (χ1v) is 14.0. The summed E-state index contributed by atoms with van der Waals surface area (Å²) in [5.41, 5.74) is -0.735. The molecule has 1 atom stereocenters. The molecule has 4 rings (SSSR count). The largest absolute Gasteiger partial charge is 0.465 e. The Bertz CT molecular complexity index is 1330. The highest BCUT2D eigenvalue weighted by Gasteiger charge is 2.31. The first-order chi connectivity index (χ1) is 17.1. The summed E-state index contributed by atoms with van der Waals surface area (Å²) in [6, 6.07) is 5.88. The van der Waals surface area contributed by atoms with E-state index < -0.39 is 27.7 Å². The van der Waals surface area contributed by atoms with Crippen LogP contribution in [0.4, 0.5) is 13.2 Å². The van der Waals surface area contributed by atoms with Crippen molar-refractivity contribution < 1.29 is 35.9 Å². The quantitative estimate of drug-likeness (QED) is 0.309. The number of hydrogen-bond acceptors (Lipinski definition) is 9. The van der Waals surface area contributed by atoms with E-state index in [-0.39, 0.29) is 33.9 Å². The van der Waals surface area contributed by atoms with Gasteiger partial charge in [-0.3, -0.25) is 4.57 Å². The van der Waals surface area contributed by atoms with Crippen molar-refractivity contribution in [3.63, 3.8) is 0 Å². The Kier molecular flexibility index (Phi) is 8.04. The lowest BCUT2D eigenvalue weighted by atomic mass is 10.2. The SMILES string of the molecule is COC(=O)c1sccc1S(=O)(=O)NCc1nnc(SCC2CCCO2)n1-c1cccc(C(F)(F)F)c1. The van der Waals surface area contributed by atoms with Crippen molar-refractivity contribution in [1.29, 1.82) is 0 Å². The number of sulfonamides is 1. The van der Waals surface area contributed by atoms with E-state index in [0.717, 1.165) is 43.4 Å². The molecule has 3 heterocycles. The highest BCUT2D eigenvalue weighted by atomic mass is 32.2. The number of alkyl halides is 3. The maximum atomic E-state index is 13.4. The maximum absolute atomic E-state index is 13.4. The molecule has 1 N–H and O–H groups in total. The lowest BCUT2D eigenvalue weighted by Crippen LogP contribution is -2.26. The van der Waals surface area contributed by atoms with Gasteiger partial charge in [0.25, 0.3) is 0 Å². The second kappa shape index (κ2) is 10.9. The normalized spacial score (nSPS) is 16.4. The van der Waals surface area contributed by atoms with Crippen molar-refractivity contribution >= 4 is 39.1 Å². The number of benzene rings is 1. The number of methoxy groups -OCH3 is 1. The third-order valence-corrected chi connectivity index (χ3v) is 8.79. The van der Waals surface area contributed by atoms with Gasteiger partial charge in [-0.25, -0.2) is 17.9 Å². The standard InChI is InChI=1S/C21H21F3N4O5S3/c1-32-19(29)18-16(7-9-34-18)36(30,31)25-11-17-26-27-20(35-12-15-6-3-8-33-15)28(17)14-5-2-4-13(10-14)21(22,23)24/h2,4-5,7,9-10,15,25H,3,6,8,11-12H2,1H3. The van der Waals surface area contributed by atoms with Gasteiger partial charge in [-0.2, -0.15) is 13.2 Å². The minimum Gasteiger partial charge on any atom is -0.465 e. The summed E-state index contributed by atoms with van der Waals surface area (Å²) in [6.45, 7) is 0.261. The number of nitrogens with one attached hydrogen (secondary N) is 1. The van der Waals surface area contributed by atoms with E-state index in [1.807, 2.05) is 0 Å². The molecule has 194 valence electrons. The molecule has 1 aliphatic heterocycles.